The molecule has 0 aliphatic heterocycles. The number of aliphatic carboxylic acids is 1. The van der Waals surface area contributed by atoms with Crippen LogP contribution in [-0.2, 0) is 18.3 Å². The average molecular weight is 170 g/mol. The summed E-state index contributed by atoms with van der Waals surface area (Å²) in [6.07, 6.45) is 1.71. The highest BCUT2D eigenvalue weighted by Gasteiger charge is 2.13. The van der Waals surface area contributed by atoms with Crippen molar-refractivity contribution in [3.05, 3.63) is 11.9 Å². The number of hydrogen-bond donors (Lipinski definition) is 2. The normalized spacial score (nSPS) is 12.8. The fourth-order valence-electron chi connectivity index (χ4n) is 0.794. The molecular weight excluding hydrogens is 160 g/mol. The van der Waals surface area contributed by atoms with Crippen LogP contribution in [0.5, 0.6) is 0 Å². The van der Waals surface area contributed by atoms with E-state index in [0.717, 1.165) is 0 Å². The van der Waals surface area contributed by atoms with Gasteiger partial charge in [-0.25, -0.2) is 0 Å². The molecule has 0 radical (unpaired) electrons. The minimum absolute atomic E-state index is 0.211. The van der Waals surface area contributed by atoms with E-state index < -0.39 is 12.0 Å². The molecule has 6 heteroatoms. The third kappa shape index (κ3) is 2.03. The van der Waals surface area contributed by atoms with E-state index in [2.05, 4.69) is 10.2 Å². The van der Waals surface area contributed by atoms with E-state index in [1.54, 1.807) is 7.05 Å². The van der Waals surface area contributed by atoms with Gasteiger partial charge in [0.1, 0.15) is 6.04 Å². The molecule has 0 bridgehead atoms. The summed E-state index contributed by atoms with van der Waals surface area (Å²) >= 11 is 0. The van der Waals surface area contributed by atoms with E-state index in [-0.39, 0.29) is 6.42 Å². The number of carbonyl (C=O) groups is 1. The van der Waals surface area contributed by atoms with E-state index in [4.69, 9.17) is 10.8 Å². The van der Waals surface area contributed by atoms with Gasteiger partial charge in [-0.05, 0) is 0 Å². The first kappa shape index (κ1) is 8.66. The molecule has 1 unspecified atom stereocenters. The molecule has 0 fully saturated rings. The maximum absolute atomic E-state index is 10.3. The highest BCUT2D eigenvalue weighted by molar-refractivity contribution is 5.73. The van der Waals surface area contributed by atoms with E-state index in [1.807, 2.05) is 0 Å². The van der Waals surface area contributed by atoms with Crippen LogP contribution in [0.3, 0.4) is 0 Å². The van der Waals surface area contributed by atoms with Crippen molar-refractivity contribution in [1.82, 2.24) is 15.0 Å². The predicted molar refractivity (Wildman–Crippen MR) is 40.3 cm³/mol. The van der Waals surface area contributed by atoms with Crippen molar-refractivity contribution >= 4 is 5.97 Å². The Morgan fingerprint density at radius 1 is 1.92 bits per heavy atom. The maximum atomic E-state index is 10.3. The van der Waals surface area contributed by atoms with E-state index >= 15 is 0 Å². The minimum Gasteiger partial charge on any atom is -0.480 e. The molecule has 0 aliphatic carbocycles. The standard InChI is InChI=1S/C6H10N4O2/c1-10-8-3-4(9-10)2-5(7)6(11)12/h3,5H,2,7H2,1H3,(H,11,12). The van der Waals surface area contributed by atoms with Gasteiger partial charge in [0.2, 0.25) is 0 Å². The molecule has 0 spiro atoms. The van der Waals surface area contributed by atoms with Crippen LogP contribution < -0.4 is 5.73 Å². The van der Waals surface area contributed by atoms with Crippen molar-refractivity contribution in [3.8, 4) is 0 Å². The first-order valence-electron chi connectivity index (χ1n) is 3.43. The molecule has 6 nitrogen and oxygen atoms in total. The van der Waals surface area contributed by atoms with E-state index in [0.29, 0.717) is 5.69 Å². The van der Waals surface area contributed by atoms with E-state index in [9.17, 15) is 4.79 Å². The number of hydrogen-bond acceptors (Lipinski definition) is 4. The fraction of sp³-hybridized carbons (Fsp3) is 0.500. The molecule has 0 saturated carbocycles. The van der Waals surface area contributed by atoms with Crippen LogP contribution in [0.15, 0.2) is 6.20 Å². The monoisotopic (exact) mass is 170 g/mol. The molecule has 66 valence electrons. The van der Waals surface area contributed by atoms with E-state index in [1.165, 1.54) is 11.0 Å². The van der Waals surface area contributed by atoms with Crippen LogP contribution in [0.25, 0.3) is 0 Å². The zero-order valence-electron chi connectivity index (χ0n) is 6.64. The Labute approximate surface area is 69.0 Å². The predicted octanol–water partition coefficient (Wildman–Crippen LogP) is -1.23. The van der Waals surface area contributed by atoms with Crippen molar-refractivity contribution in [3.63, 3.8) is 0 Å². The number of rotatable bonds is 3. The molecule has 0 aromatic carbocycles. The lowest BCUT2D eigenvalue weighted by Crippen LogP contribution is -2.32. The molecule has 3 N–H and O–H groups in total. The second kappa shape index (κ2) is 3.31. The van der Waals surface area contributed by atoms with Gasteiger partial charge in [0.25, 0.3) is 0 Å². The summed E-state index contributed by atoms with van der Waals surface area (Å²) in [4.78, 5) is 11.7. The minimum atomic E-state index is -1.03. The fourth-order valence-corrected chi connectivity index (χ4v) is 0.794. The third-order valence-corrected chi connectivity index (χ3v) is 1.39. The van der Waals surface area contributed by atoms with Crippen molar-refractivity contribution < 1.29 is 9.90 Å². The Morgan fingerprint density at radius 3 is 3.00 bits per heavy atom. The summed E-state index contributed by atoms with van der Waals surface area (Å²) in [6, 6.07) is -0.901. The maximum Gasteiger partial charge on any atom is 0.320 e. The van der Waals surface area contributed by atoms with Crippen LogP contribution in [0.1, 0.15) is 5.69 Å². The van der Waals surface area contributed by atoms with Gasteiger partial charge in [0.15, 0.2) is 0 Å². The second-order valence-electron chi connectivity index (χ2n) is 2.47. The third-order valence-electron chi connectivity index (χ3n) is 1.39. The van der Waals surface area contributed by atoms with Gasteiger partial charge < -0.3 is 10.8 Å². The molecule has 0 amide bonds. The smallest absolute Gasteiger partial charge is 0.320 e. The molecule has 12 heavy (non-hydrogen) atoms. The van der Waals surface area contributed by atoms with Crippen molar-refractivity contribution in [1.29, 1.82) is 0 Å². The highest BCUT2D eigenvalue weighted by atomic mass is 16.4. The van der Waals surface area contributed by atoms with Crippen molar-refractivity contribution in [2.45, 2.75) is 12.5 Å². The molecule has 1 rings (SSSR count). The zero-order valence-corrected chi connectivity index (χ0v) is 6.64. The first-order chi connectivity index (χ1) is 5.59. The molecule has 0 aliphatic rings. The largest absolute Gasteiger partial charge is 0.480 e. The lowest BCUT2D eigenvalue weighted by Gasteiger charge is -2.01. The summed E-state index contributed by atoms with van der Waals surface area (Å²) in [5, 5.41) is 16.2. The van der Waals surface area contributed by atoms with Gasteiger partial charge in [0.05, 0.1) is 11.9 Å². The number of nitrogens with two attached hydrogens (primary N) is 1. The number of aromatic nitrogens is 3. The van der Waals surface area contributed by atoms with Gasteiger partial charge >= 0.3 is 5.97 Å². The Bertz CT molecular complexity index is 283. The average Bonchev–Trinajstić information content (AvgIpc) is 2.35. The highest BCUT2D eigenvalue weighted by Crippen LogP contribution is 1.95. The van der Waals surface area contributed by atoms with Gasteiger partial charge in [-0.15, -0.1) is 0 Å². The summed E-state index contributed by atoms with van der Waals surface area (Å²) in [7, 11) is 1.66. The Hall–Kier alpha value is -1.43. The van der Waals surface area contributed by atoms with Crippen LogP contribution in [0.2, 0.25) is 0 Å². The quantitative estimate of drug-likeness (QED) is 0.592. The first-order valence-corrected chi connectivity index (χ1v) is 3.43. The second-order valence-corrected chi connectivity index (χ2v) is 2.47. The van der Waals surface area contributed by atoms with Gasteiger partial charge in [-0.2, -0.15) is 15.0 Å². The SMILES string of the molecule is Cn1ncc(CC(N)C(=O)O)n1. The summed E-state index contributed by atoms with van der Waals surface area (Å²) < 4.78 is 0. The molecule has 1 aromatic rings. The van der Waals surface area contributed by atoms with Crippen molar-refractivity contribution in [2.24, 2.45) is 12.8 Å². The number of carboxylic acid groups (broad SMARTS) is 1. The molecular formula is C6H10N4O2. The molecule has 1 atom stereocenters. The van der Waals surface area contributed by atoms with Gasteiger partial charge in [-0.3, -0.25) is 4.79 Å². The number of carboxylic acids is 1. The van der Waals surface area contributed by atoms with Crippen LogP contribution in [0.4, 0.5) is 0 Å². The Kier molecular flexibility index (Phi) is 2.39. The lowest BCUT2D eigenvalue weighted by atomic mass is 10.2. The van der Waals surface area contributed by atoms with Crippen LogP contribution >= 0.6 is 0 Å². The molecule has 1 aromatic heterocycles. The summed E-state index contributed by atoms with van der Waals surface area (Å²) in [6.45, 7) is 0. The Balaban J connectivity index is 2.58. The number of aryl methyl sites for hydroxylation is 1. The number of nitrogens with zero attached hydrogens (tertiary/aromatic N) is 3. The lowest BCUT2D eigenvalue weighted by molar-refractivity contribution is -0.138. The van der Waals surface area contributed by atoms with Gasteiger partial charge in [0, 0.05) is 13.5 Å². The van der Waals surface area contributed by atoms with Crippen molar-refractivity contribution in [2.75, 3.05) is 0 Å². The molecule has 0 saturated heterocycles. The van der Waals surface area contributed by atoms with Crippen LogP contribution in [-0.4, -0.2) is 32.1 Å². The topological polar surface area (TPSA) is 94.0 Å². The van der Waals surface area contributed by atoms with Crippen LogP contribution in [0, 0.1) is 0 Å². The zero-order chi connectivity index (χ0) is 9.14. The Morgan fingerprint density at radius 2 is 2.58 bits per heavy atom. The molecule has 1 heterocycles. The van der Waals surface area contributed by atoms with Gasteiger partial charge in [-0.1, -0.05) is 0 Å². The summed E-state index contributed by atoms with van der Waals surface area (Å²) in [5.41, 5.74) is 5.87. The summed E-state index contributed by atoms with van der Waals surface area (Å²) in [5.74, 6) is -1.03.